The zero-order valence-electron chi connectivity index (χ0n) is 15.2. The number of rotatable bonds is 4. The number of carbonyl (C=O) groups is 2. The summed E-state index contributed by atoms with van der Waals surface area (Å²) in [5.41, 5.74) is 1.46. The Morgan fingerprint density at radius 3 is 2.96 bits per heavy atom. The fourth-order valence-corrected chi connectivity index (χ4v) is 4.01. The fourth-order valence-electron chi connectivity index (χ4n) is 4.01. The summed E-state index contributed by atoms with van der Waals surface area (Å²) in [5.74, 6) is 0.431. The SMILES string of the molecule is Cl.O=C(NCC1CCCN(C(=O)c2cccc3cn[nH]c23)C1)C1CCCN1. The molecule has 2 saturated heterocycles. The third-order valence-electron chi connectivity index (χ3n) is 5.46. The molecule has 27 heavy (non-hydrogen) atoms. The van der Waals surface area contributed by atoms with Gasteiger partial charge in [0.2, 0.25) is 5.91 Å². The van der Waals surface area contributed by atoms with E-state index >= 15 is 0 Å². The van der Waals surface area contributed by atoms with Crippen LogP contribution < -0.4 is 10.6 Å². The summed E-state index contributed by atoms with van der Waals surface area (Å²) in [6.07, 6.45) is 5.71. The Morgan fingerprint density at radius 2 is 2.15 bits per heavy atom. The van der Waals surface area contributed by atoms with E-state index in [2.05, 4.69) is 20.8 Å². The molecule has 2 atom stereocenters. The van der Waals surface area contributed by atoms with Gasteiger partial charge in [-0.3, -0.25) is 14.7 Å². The monoisotopic (exact) mass is 391 g/mol. The molecular formula is C19H26ClN5O2. The van der Waals surface area contributed by atoms with Crippen molar-refractivity contribution in [1.82, 2.24) is 25.7 Å². The normalized spacial score (nSPS) is 22.4. The Hall–Kier alpha value is -2.12. The molecule has 2 aliphatic heterocycles. The average Bonchev–Trinajstić information content (AvgIpc) is 3.37. The number of nitrogens with zero attached hydrogens (tertiary/aromatic N) is 2. The van der Waals surface area contributed by atoms with Crippen molar-refractivity contribution in [3.05, 3.63) is 30.0 Å². The molecule has 8 heteroatoms. The van der Waals surface area contributed by atoms with Gasteiger partial charge >= 0.3 is 0 Å². The number of likely N-dealkylation sites (tertiary alicyclic amines) is 1. The highest BCUT2D eigenvalue weighted by molar-refractivity contribution is 6.05. The van der Waals surface area contributed by atoms with E-state index in [4.69, 9.17) is 0 Å². The summed E-state index contributed by atoms with van der Waals surface area (Å²) in [6.45, 7) is 3.00. The highest BCUT2D eigenvalue weighted by Gasteiger charge is 2.27. The van der Waals surface area contributed by atoms with Crippen molar-refractivity contribution < 1.29 is 9.59 Å². The highest BCUT2D eigenvalue weighted by Crippen LogP contribution is 2.22. The maximum atomic E-state index is 13.0. The fraction of sp³-hybridized carbons (Fsp3) is 0.526. The van der Waals surface area contributed by atoms with E-state index in [9.17, 15) is 9.59 Å². The smallest absolute Gasteiger partial charge is 0.256 e. The lowest BCUT2D eigenvalue weighted by atomic mass is 9.97. The molecule has 1 aromatic heterocycles. The Kier molecular flexibility index (Phi) is 6.34. The Morgan fingerprint density at radius 1 is 1.26 bits per heavy atom. The van der Waals surface area contributed by atoms with Crippen LogP contribution in [0.15, 0.2) is 24.4 Å². The van der Waals surface area contributed by atoms with Gasteiger partial charge in [-0.25, -0.2) is 0 Å². The first kappa shape index (κ1) is 19.6. The summed E-state index contributed by atoms with van der Waals surface area (Å²) in [4.78, 5) is 27.1. The third-order valence-corrected chi connectivity index (χ3v) is 5.46. The van der Waals surface area contributed by atoms with Gasteiger partial charge in [0.15, 0.2) is 0 Å². The van der Waals surface area contributed by atoms with Crippen molar-refractivity contribution >= 4 is 35.1 Å². The lowest BCUT2D eigenvalue weighted by molar-refractivity contribution is -0.123. The molecule has 4 rings (SSSR count). The minimum absolute atomic E-state index is 0. The van der Waals surface area contributed by atoms with Gasteiger partial charge in [0.25, 0.3) is 5.91 Å². The number of halogens is 1. The number of aromatic amines is 1. The van der Waals surface area contributed by atoms with Crippen molar-refractivity contribution in [2.24, 2.45) is 5.92 Å². The molecule has 2 aromatic rings. The minimum Gasteiger partial charge on any atom is -0.354 e. The van der Waals surface area contributed by atoms with Crippen molar-refractivity contribution in [2.45, 2.75) is 31.7 Å². The van der Waals surface area contributed by atoms with Crippen molar-refractivity contribution in [3.8, 4) is 0 Å². The van der Waals surface area contributed by atoms with Gasteiger partial charge < -0.3 is 15.5 Å². The molecule has 0 bridgehead atoms. The van der Waals surface area contributed by atoms with E-state index in [0.717, 1.165) is 49.7 Å². The second kappa shape index (κ2) is 8.71. The second-order valence-corrected chi connectivity index (χ2v) is 7.29. The number of nitrogens with one attached hydrogen (secondary N) is 3. The lowest BCUT2D eigenvalue weighted by Crippen LogP contribution is -2.46. The van der Waals surface area contributed by atoms with Crippen LogP contribution >= 0.6 is 12.4 Å². The molecule has 2 amide bonds. The molecule has 0 saturated carbocycles. The molecule has 146 valence electrons. The van der Waals surface area contributed by atoms with Crippen molar-refractivity contribution in [2.75, 3.05) is 26.2 Å². The van der Waals surface area contributed by atoms with Crippen LogP contribution in [0.4, 0.5) is 0 Å². The predicted octanol–water partition coefficient (Wildman–Crippen LogP) is 1.71. The maximum absolute atomic E-state index is 13.0. The predicted molar refractivity (Wildman–Crippen MR) is 106 cm³/mol. The van der Waals surface area contributed by atoms with E-state index in [-0.39, 0.29) is 30.3 Å². The zero-order valence-corrected chi connectivity index (χ0v) is 16.1. The first-order chi connectivity index (χ1) is 12.7. The molecule has 7 nitrogen and oxygen atoms in total. The number of para-hydroxylation sites is 1. The standard InChI is InChI=1S/C19H25N5O2.ClH/c25-18(16-7-2-8-20-16)21-10-13-4-3-9-24(12-13)19(26)15-6-1-5-14-11-22-23-17(14)15;/h1,5-6,11,13,16,20H,2-4,7-10,12H2,(H,21,25)(H,22,23);1H. The van der Waals surface area contributed by atoms with Crippen LogP contribution in [0.25, 0.3) is 10.9 Å². The molecule has 0 aliphatic carbocycles. The molecule has 2 aliphatic rings. The molecule has 0 spiro atoms. The van der Waals surface area contributed by atoms with Crippen LogP contribution in [-0.4, -0.2) is 59.1 Å². The highest BCUT2D eigenvalue weighted by atomic mass is 35.5. The number of H-pyrrole nitrogens is 1. The summed E-state index contributed by atoms with van der Waals surface area (Å²) < 4.78 is 0. The van der Waals surface area contributed by atoms with E-state index in [1.165, 1.54) is 0 Å². The van der Waals surface area contributed by atoms with Crippen LogP contribution in [0.5, 0.6) is 0 Å². The van der Waals surface area contributed by atoms with Gasteiger partial charge in [0, 0.05) is 25.0 Å². The number of hydrogen-bond acceptors (Lipinski definition) is 4. The number of benzene rings is 1. The van der Waals surface area contributed by atoms with E-state index in [1.807, 2.05) is 23.1 Å². The number of carbonyl (C=O) groups excluding carboxylic acids is 2. The molecule has 1 aromatic carbocycles. The second-order valence-electron chi connectivity index (χ2n) is 7.29. The van der Waals surface area contributed by atoms with Crippen LogP contribution in [0.1, 0.15) is 36.0 Å². The molecule has 2 fully saturated rings. The largest absolute Gasteiger partial charge is 0.354 e. The molecule has 3 N–H and O–H groups in total. The van der Waals surface area contributed by atoms with Gasteiger partial charge in [-0.2, -0.15) is 5.10 Å². The first-order valence-electron chi connectivity index (χ1n) is 9.45. The van der Waals surface area contributed by atoms with E-state index in [1.54, 1.807) is 6.20 Å². The van der Waals surface area contributed by atoms with Crippen LogP contribution in [0, 0.1) is 5.92 Å². The topological polar surface area (TPSA) is 90.1 Å². The number of piperidine rings is 1. The summed E-state index contributed by atoms with van der Waals surface area (Å²) in [7, 11) is 0. The van der Waals surface area contributed by atoms with Crippen LogP contribution in [0.2, 0.25) is 0 Å². The summed E-state index contributed by atoms with van der Waals surface area (Å²) in [5, 5.41) is 14.2. The Balaban J connectivity index is 0.00000210. The maximum Gasteiger partial charge on any atom is 0.256 e. The quantitative estimate of drug-likeness (QED) is 0.740. The molecule has 3 heterocycles. The molecule has 0 radical (unpaired) electrons. The van der Waals surface area contributed by atoms with Crippen molar-refractivity contribution in [3.63, 3.8) is 0 Å². The van der Waals surface area contributed by atoms with Crippen LogP contribution in [-0.2, 0) is 4.79 Å². The van der Waals surface area contributed by atoms with E-state index < -0.39 is 0 Å². The minimum atomic E-state index is -0.0469. The van der Waals surface area contributed by atoms with Gasteiger partial charge in [-0.15, -0.1) is 12.4 Å². The number of amides is 2. The number of fused-ring (bicyclic) bond motifs is 1. The van der Waals surface area contributed by atoms with Gasteiger partial charge in [-0.1, -0.05) is 12.1 Å². The first-order valence-corrected chi connectivity index (χ1v) is 9.45. The van der Waals surface area contributed by atoms with Crippen LogP contribution in [0.3, 0.4) is 0 Å². The third kappa shape index (κ3) is 4.25. The average molecular weight is 392 g/mol. The number of aromatic nitrogens is 2. The Bertz CT molecular complexity index is 802. The van der Waals surface area contributed by atoms with Crippen molar-refractivity contribution in [1.29, 1.82) is 0 Å². The van der Waals surface area contributed by atoms with E-state index in [0.29, 0.717) is 24.6 Å². The zero-order chi connectivity index (χ0) is 17.9. The summed E-state index contributed by atoms with van der Waals surface area (Å²) >= 11 is 0. The molecule has 2 unspecified atom stereocenters. The van der Waals surface area contributed by atoms with Gasteiger partial charge in [0.1, 0.15) is 0 Å². The number of hydrogen-bond donors (Lipinski definition) is 3. The van der Waals surface area contributed by atoms with Gasteiger partial charge in [-0.05, 0) is 44.2 Å². The lowest BCUT2D eigenvalue weighted by Gasteiger charge is -2.33. The molecular weight excluding hydrogens is 366 g/mol. The Labute approximate surface area is 164 Å². The van der Waals surface area contributed by atoms with Gasteiger partial charge in [0.05, 0.1) is 23.3 Å². The summed E-state index contributed by atoms with van der Waals surface area (Å²) in [6, 6.07) is 5.64.